The van der Waals surface area contributed by atoms with Gasteiger partial charge in [-0.15, -0.1) is 5.10 Å². The second-order valence-electron chi connectivity index (χ2n) is 15.2. The number of esters is 1. The van der Waals surface area contributed by atoms with Crippen LogP contribution in [0.3, 0.4) is 0 Å². The lowest BCUT2D eigenvalue weighted by Gasteiger charge is -2.31. The van der Waals surface area contributed by atoms with E-state index in [0.717, 1.165) is 56.3 Å². The van der Waals surface area contributed by atoms with E-state index in [4.69, 9.17) is 27.9 Å². The fraction of sp³-hybridized carbons (Fsp3) is 0.525. The van der Waals surface area contributed by atoms with Crippen molar-refractivity contribution < 1.29 is 28.7 Å². The monoisotopic (exact) mass is 838 g/mol. The predicted molar refractivity (Wildman–Crippen MR) is 219 cm³/mol. The van der Waals surface area contributed by atoms with Crippen LogP contribution in [0, 0.1) is 0 Å². The number of rotatable bonds is 18. The Bertz CT molecular complexity index is 2000. The Morgan fingerprint density at radius 2 is 1.74 bits per heavy atom. The zero-order valence-electron chi connectivity index (χ0n) is 31.9. The minimum Gasteiger partial charge on any atom is -0.464 e. The molecule has 1 spiro atoms. The first-order chi connectivity index (χ1) is 27.5. The summed E-state index contributed by atoms with van der Waals surface area (Å²) in [6.45, 7) is 2.64. The SMILES string of the molecule is C[C@@H](c1ccc(Cl)cc1)n1nnc2c1NC(=O)C[C@]21C(=O)N(CCOC(=O)CCCCCCCNC(=O)CCCC[C@@H]2SC[C@H]3NC(=O)N[C@@H]23)c2ccc(Cl)cc21. The van der Waals surface area contributed by atoms with Crippen LogP contribution in [0.25, 0.3) is 0 Å². The highest BCUT2D eigenvalue weighted by molar-refractivity contribution is 8.00. The number of thioether (sulfide) groups is 1. The zero-order chi connectivity index (χ0) is 40.1. The van der Waals surface area contributed by atoms with E-state index in [1.54, 1.807) is 39.9 Å². The van der Waals surface area contributed by atoms with Crippen molar-refractivity contribution in [3.63, 3.8) is 0 Å². The molecule has 5 amide bonds. The summed E-state index contributed by atoms with van der Waals surface area (Å²) in [7, 11) is 0. The molecule has 4 N–H and O–H groups in total. The van der Waals surface area contributed by atoms with E-state index in [1.165, 1.54) is 0 Å². The van der Waals surface area contributed by atoms with Gasteiger partial charge in [0.1, 0.15) is 17.7 Å². The van der Waals surface area contributed by atoms with Gasteiger partial charge in [-0.1, -0.05) is 66.2 Å². The topological polar surface area (TPSA) is 177 Å². The average molecular weight is 840 g/mol. The molecule has 3 aromatic rings. The van der Waals surface area contributed by atoms with Gasteiger partial charge in [0.15, 0.2) is 5.82 Å². The lowest BCUT2D eigenvalue weighted by atomic mass is 9.73. The van der Waals surface area contributed by atoms with Gasteiger partial charge in [0, 0.05) is 46.1 Å². The Morgan fingerprint density at radius 3 is 2.56 bits per heavy atom. The van der Waals surface area contributed by atoms with Gasteiger partial charge in [-0.05, 0) is 74.1 Å². The maximum atomic E-state index is 14.5. The Hall–Kier alpha value is -4.34. The van der Waals surface area contributed by atoms with Crippen LogP contribution < -0.4 is 26.2 Å². The summed E-state index contributed by atoms with van der Waals surface area (Å²) in [5.41, 5.74) is 0.911. The molecule has 57 heavy (non-hydrogen) atoms. The van der Waals surface area contributed by atoms with Gasteiger partial charge in [-0.2, -0.15) is 11.8 Å². The highest BCUT2D eigenvalue weighted by Gasteiger charge is 2.58. The zero-order valence-corrected chi connectivity index (χ0v) is 34.2. The molecule has 0 aliphatic carbocycles. The van der Waals surface area contributed by atoms with Gasteiger partial charge in [-0.25, -0.2) is 9.48 Å². The third-order valence-corrected chi connectivity index (χ3v) is 13.4. The van der Waals surface area contributed by atoms with E-state index in [-0.39, 0.29) is 73.8 Å². The van der Waals surface area contributed by atoms with Crippen molar-refractivity contribution in [2.45, 2.75) is 106 Å². The number of amides is 5. The number of hydrogen-bond acceptors (Lipinski definition) is 9. The van der Waals surface area contributed by atoms with Gasteiger partial charge >= 0.3 is 12.0 Å². The molecular weight excluding hydrogens is 791 g/mol. The second kappa shape index (κ2) is 18.1. The van der Waals surface area contributed by atoms with E-state index < -0.39 is 5.41 Å². The van der Waals surface area contributed by atoms with E-state index in [2.05, 4.69) is 31.6 Å². The number of carbonyl (C=O) groups excluding carboxylic acids is 5. The number of hydrogen-bond donors (Lipinski definition) is 4. The van der Waals surface area contributed by atoms with Gasteiger partial charge in [0.2, 0.25) is 17.7 Å². The summed E-state index contributed by atoms with van der Waals surface area (Å²) < 4.78 is 7.17. The average Bonchev–Trinajstić information content (AvgIpc) is 3.94. The quantitative estimate of drug-likeness (QED) is 0.0691. The van der Waals surface area contributed by atoms with Crippen molar-refractivity contribution in [3.8, 4) is 0 Å². The highest BCUT2D eigenvalue weighted by Crippen LogP contribution is 2.52. The highest BCUT2D eigenvalue weighted by atomic mass is 35.5. The molecule has 4 aliphatic heterocycles. The van der Waals surface area contributed by atoms with Gasteiger partial charge in [-0.3, -0.25) is 19.2 Å². The molecule has 17 heteroatoms. The molecule has 1 aromatic heterocycles. The van der Waals surface area contributed by atoms with E-state index >= 15 is 0 Å². The first-order valence-corrected chi connectivity index (χ1v) is 21.6. The fourth-order valence-corrected chi connectivity index (χ4v) is 10.2. The van der Waals surface area contributed by atoms with E-state index in [1.807, 2.05) is 30.8 Å². The number of ether oxygens (including phenoxy) is 1. The number of aromatic nitrogens is 3. The normalized spacial score (nSPS) is 22.4. The van der Waals surface area contributed by atoms with E-state index in [9.17, 15) is 24.0 Å². The molecule has 2 saturated heterocycles. The maximum Gasteiger partial charge on any atom is 0.315 e. The summed E-state index contributed by atoms with van der Waals surface area (Å²) in [5, 5.41) is 22.2. The first kappa shape index (κ1) is 40.8. The Kier molecular flexibility index (Phi) is 12.9. The number of halogens is 2. The minimum atomic E-state index is -1.45. The summed E-state index contributed by atoms with van der Waals surface area (Å²) in [6.07, 6.45) is 7.72. The van der Waals surface area contributed by atoms with Crippen molar-refractivity contribution in [1.82, 2.24) is 30.9 Å². The number of anilines is 2. The van der Waals surface area contributed by atoms with Crippen LogP contribution in [0.5, 0.6) is 0 Å². The number of unbranched alkanes of at least 4 members (excludes halogenated alkanes) is 5. The molecule has 14 nitrogen and oxygen atoms in total. The molecule has 0 bridgehead atoms. The largest absolute Gasteiger partial charge is 0.464 e. The molecule has 7 rings (SSSR count). The summed E-state index contributed by atoms with van der Waals surface area (Å²) in [5.74, 6) is 0.306. The summed E-state index contributed by atoms with van der Waals surface area (Å²) in [6, 6.07) is 12.5. The number of benzene rings is 2. The molecule has 4 aliphatic rings. The standard InChI is InChI=1S/C40H48Cl2N8O6S/c1-24(25-12-14-26(41)15-13-25)50-37-36(47-48-50)40(22-33(52)45-37)28-21-27(42)16-17-30(28)49(38(40)54)19-20-56-34(53)11-5-3-2-4-8-18-43-32(51)10-7-6-9-31-35-29(23-57-31)44-39(55)46-35/h12-17,21,24,29,31,35H,2-11,18-20,22-23H2,1H3,(H,43,51)(H,45,52)(H2,44,46,55)/t24-,29+,31-,35+,40+/m0/s1. The number of carbonyl (C=O) groups is 5. The molecule has 5 atom stereocenters. The third kappa shape index (κ3) is 8.90. The third-order valence-electron chi connectivity index (χ3n) is 11.4. The predicted octanol–water partition coefficient (Wildman–Crippen LogP) is 5.89. The van der Waals surface area contributed by atoms with E-state index in [0.29, 0.717) is 57.4 Å². The molecule has 304 valence electrons. The van der Waals surface area contributed by atoms with Crippen LogP contribution in [0.2, 0.25) is 10.0 Å². The fourth-order valence-electron chi connectivity index (χ4n) is 8.35. The summed E-state index contributed by atoms with van der Waals surface area (Å²) in [4.78, 5) is 65.8. The molecule has 2 fully saturated rings. The number of fused-ring (bicyclic) bond motifs is 5. The minimum absolute atomic E-state index is 0.0159. The number of nitrogens with one attached hydrogen (secondary N) is 4. The lowest BCUT2D eigenvalue weighted by molar-refractivity contribution is -0.143. The Morgan fingerprint density at radius 1 is 0.982 bits per heavy atom. The molecule has 2 aromatic carbocycles. The lowest BCUT2D eigenvalue weighted by Crippen LogP contribution is -2.47. The van der Waals surface area contributed by atoms with Crippen LogP contribution in [0.15, 0.2) is 42.5 Å². The second-order valence-corrected chi connectivity index (χ2v) is 17.3. The molecule has 0 radical (unpaired) electrons. The first-order valence-electron chi connectivity index (χ1n) is 19.8. The van der Waals surface area contributed by atoms with Gasteiger partial charge in [0.05, 0.1) is 31.1 Å². The van der Waals surface area contributed by atoms with Crippen molar-refractivity contribution in [2.24, 2.45) is 0 Å². The van der Waals surface area contributed by atoms with Crippen LogP contribution in [0.4, 0.5) is 16.3 Å². The summed E-state index contributed by atoms with van der Waals surface area (Å²) >= 11 is 14.5. The van der Waals surface area contributed by atoms with Gasteiger partial charge in [0.25, 0.3) is 0 Å². The van der Waals surface area contributed by atoms with Crippen LogP contribution in [0.1, 0.15) is 100 Å². The number of urea groups is 1. The van der Waals surface area contributed by atoms with Crippen LogP contribution in [-0.2, 0) is 29.3 Å². The van der Waals surface area contributed by atoms with Crippen LogP contribution in [-0.4, -0.2) is 87.5 Å². The smallest absolute Gasteiger partial charge is 0.315 e. The van der Waals surface area contributed by atoms with Crippen molar-refractivity contribution in [3.05, 3.63) is 69.3 Å². The molecular formula is C40H48Cl2N8O6S. The maximum absolute atomic E-state index is 14.5. The Labute approximate surface area is 345 Å². The van der Waals surface area contributed by atoms with Gasteiger partial charge < -0.3 is 30.9 Å². The molecule has 0 saturated carbocycles. The van der Waals surface area contributed by atoms with Crippen molar-refractivity contribution >= 4 is 76.2 Å². The Balaban J connectivity index is 0.822. The molecule has 5 heterocycles. The van der Waals surface area contributed by atoms with Crippen molar-refractivity contribution in [2.75, 3.05) is 35.7 Å². The molecule has 0 unspecified atom stereocenters. The number of nitrogens with zero attached hydrogens (tertiary/aromatic N) is 4. The van der Waals surface area contributed by atoms with Crippen LogP contribution >= 0.6 is 35.0 Å². The van der Waals surface area contributed by atoms with Crippen molar-refractivity contribution in [1.29, 1.82) is 0 Å².